The number of ether oxygens (including phenoxy) is 1. The average molecular weight is 373 g/mol. The third-order valence-corrected chi connectivity index (χ3v) is 4.25. The predicted molar refractivity (Wildman–Crippen MR) is 109 cm³/mol. The van der Waals surface area contributed by atoms with E-state index in [1.165, 1.54) is 0 Å². The number of phenolic OH excluding ortho intramolecular Hbond substituents is 1. The number of carboxylic acid groups (broad SMARTS) is 1. The molecule has 0 spiro atoms. The van der Waals surface area contributed by atoms with Crippen molar-refractivity contribution in [3.63, 3.8) is 0 Å². The van der Waals surface area contributed by atoms with Crippen molar-refractivity contribution in [1.82, 2.24) is 0 Å². The van der Waals surface area contributed by atoms with Crippen LogP contribution < -0.4 is 10.5 Å². The van der Waals surface area contributed by atoms with E-state index < -0.39 is 12.0 Å². The summed E-state index contributed by atoms with van der Waals surface area (Å²) in [6.07, 6.45) is 0.990. The van der Waals surface area contributed by atoms with Gasteiger partial charge in [-0.25, -0.2) is 0 Å². The number of nitrogens with two attached hydrogens (primary N) is 1. The second-order valence-electron chi connectivity index (χ2n) is 6.41. The first kappa shape index (κ1) is 22.5. The van der Waals surface area contributed by atoms with Gasteiger partial charge in [0.2, 0.25) is 0 Å². The molecule has 1 atom stereocenters. The van der Waals surface area contributed by atoms with Crippen LogP contribution >= 0.6 is 0 Å². The van der Waals surface area contributed by atoms with Crippen molar-refractivity contribution < 1.29 is 19.7 Å². The highest BCUT2D eigenvalue weighted by molar-refractivity contribution is 5.73. The molecule has 5 nitrogen and oxygen atoms in total. The standard InChI is InChI=1S/C20H25NO4.C2H6/c1-5-15-10-16(8-11(2)18(15)22)25-19-12(3)6-14(7-13(19)4)9-17(21)20(23)24;1-2/h6-8,10,17,22H,5,9,21H2,1-4H3,(H,23,24);1-2H3. The van der Waals surface area contributed by atoms with E-state index in [1.807, 2.05) is 65.8 Å². The molecule has 0 saturated carbocycles. The lowest BCUT2D eigenvalue weighted by Crippen LogP contribution is -2.32. The van der Waals surface area contributed by atoms with Crippen LogP contribution in [0.4, 0.5) is 0 Å². The second-order valence-corrected chi connectivity index (χ2v) is 6.41. The minimum atomic E-state index is -1.01. The Balaban J connectivity index is 0.00000176. The summed E-state index contributed by atoms with van der Waals surface area (Å²) >= 11 is 0. The van der Waals surface area contributed by atoms with Gasteiger partial charge < -0.3 is 20.7 Å². The zero-order valence-corrected chi connectivity index (χ0v) is 17.1. The molecule has 2 aromatic carbocycles. The van der Waals surface area contributed by atoms with E-state index >= 15 is 0 Å². The van der Waals surface area contributed by atoms with Crippen LogP contribution in [0.2, 0.25) is 0 Å². The summed E-state index contributed by atoms with van der Waals surface area (Å²) in [6, 6.07) is 6.53. The van der Waals surface area contributed by atoms with Crippen LogP contribution in [0.5, 0.6) is 17.2 Å². The van der Waals surface area contributed by atoms with E-state index in [-0.39, 0.29) is 6.42 Å². The van der Waals surface area contributed by atoms with Crippen molar-refractivity contribution >= 4 is 5.97 Å². The van der Waals surface area contributed by atoms with Crippen molar-refractivity contribution in [2.24, 2.45) is 5.73 Å². The molecule has 0 aliphatic rings. The van der Waals surface area contributed by atoms with Crippen molar-refractivity contribution in [2.45, 2.75) is 60.4 Å². The number of carboxylic acids is 1. The first-order valence-corrected chi connectivity index (χ1v) is 9.31. The number of hydrogen-bond donors (Lipinski definition) is 3. The van der Waals surface area contributed by atoms with Gasteiger partial charge in [0.25, 0.3) is 0 Å². The molecule has 27 heavy (non-hydrogen) atoms. The first-order chi connectivity index (χ1) is 12.7. The Morgan fingerprint density at radius 2 is 1.63 bits per heavy atom. The summed E-state index contributed by atoms with van der Waals surface area (Å²) in [5.41, 5.74) is 9.93. The van der Waals surface area contributed by atoms with Gasteiger partial charge in [-0.05, 0) is 73.6 Å². The van der Waals surface area contributed by atoms with Crippen LogP contribution in [-0.2, 0) is 17.6 Å². The van der Waals surface area contributed by atoms with Gasteiger partial charge in [-0.2, -0.15) is 0 Å². The Morgan fingerprint density at radius 1 is 1.07 bits per heavy atom. The van der Waals surface area contributed by atoms with Crippen molar-refractivity contribution in [2.75, 3.05) is 0 Å². The minimum Gasteiger partial charge on any atom is -0.507 e. The maximum atomic E-state index is 10.9. The topological polar surface area (TPSA) is 92.8 Å². The average Bonchev–Trinajstić information content (AvgIpc) is 2.62. The van der Waals surface area contributed by atoms with Crippen LogP contribution in [0.1, 0.15) is 48.6 Å². The molecule has 0 fully saturated rings. The number of hydrogen-bond acceptors (Lipinski definition) is 4. The number of aryl methyl sites for hydroxylation is 4. The minimum absolute atomic E-state index is 0.273. The van der Waals surface area contributed by atoms with E-state index in [9.17, 15) is 9.90 Å². The molecule has 148 valence electrons. The van der Waals surface area contributed by atoms with E-state index in [4.69, 9.17) is 15.6 Å². The van der Waals surface area contributed by atoms with Crippen LogP contribution in [0.15, 0.2) is 24.3 Å². The van der Waals surface area contributed by atoms with Gasteiger partial charge in [-0.15, -0.1) is 0 Å². The Bertz CT molecular complexity index is 776. The first-order valence-electron chi connectivity index (χ1n) is 9.31. The number of aromatic hydroxyl groups is 1. The molecule has 4 N–H and O–H groups in total. The highest BCUT2D eigenvalue weighted by Crippen LogP contribution is 2.34. The zero-order valence-electron chi connectivity index (χ0n) is 17.1. The van der Waals surface area contributed by atoms with Crippen LogP contribution in [0.25, 0.3) is 0 Å². The van der Waals surface area contributed by atoms with Gasteiger partial charge in [0, 0.05) is 0 Å². The van der Waals surface area contributed by atoms with Gasteiger partial charge in [-0.1, -0.05) is 32.9 Å². The van der Waals surface area contributed by atoms with Crippen molar-refractivity contribution in [3.8, 4) is 17.2 Å². The van der Waals surface area contributed by atoms with Gasteiger partial charge in [0.15, 0.2) is 0 Å². The molecule has 0 heterocycles. The fourth-order valence-corrected chi connectivity index (χ4v) is 2.92. The van der Waals surface area contributed by atoms with E-state index in [0.29, 0.717) is 17.9 Å². The molecule has 2 aromatic rings. The summed E-state index contributed by atoms with van der Waals surface area (Å²) < 4.78 is 6.07. The normalized spacial score (nSPS) is 11.4. The molecule has 5 heteroatoms. The van der Waals surface area contributed by atoms with Gasteiger partial charge in [0.1, 0.15) is 23.3 Å². The molecule has 0 radical (unpaired) electrons. The number of phenols is 1. The monoisotopic (exact) mass is 373 g/mol. The molecule has 0 bridgehead atoms. The number of rotatable bonds is 6. The summed E-state index contributed by atoms with van der Waals surface area (Å²) in [7, 11) is 0. The molecule has 2 rings (SSSR count). The number of aliphatic carboxylic acids is 1. The quantitative estimate of drug-likeness (QED) is 0.685. The second kappa shape index (κ2) is 9.97. The zero-order chi connectivity index (χ0) is 20.7. The lowest BCUT2D eigenvalue weighted by molar-refractivity contribution is -0.138. The fourth-order valence-electron chi connectivity index (χ4n) is 2.92. The Morgan fingerprint density at radius 3 is 2.11 bits per heavy atom. The fraction of sp³-hybridized carbons (Fsp3) is 0.409. The van der Waals surface area contributed by atoms with Crippen LogP contribution in [0.3, 0.4) is 0 Å². The third kappa shape index (κ3) is 5.73. The third-order valence-electron chi connectivity index (χ3n) is 4.25. The molecule has 0 aliphatic heterocycles. The molecular formula is C22H31NO4. The number of carbonyl (C=O) groups is 1. The highest BCUT2D eigenvalue weighted by Gasteiger charge is 2.15. The molecule has 1 unspecified atom stereocenters. The SMILES string of the molecule is CC.CCc1cc(Oc2c(C)cc(CC(N)C(=O)O)cc2C)cc(C)c1O. The van der Waals surface area contributed by atoms with Gasteiger partial charge in [0.05, 0.1) is 0 Å². The highest BCUT2D eigenvalue weighted by atomic mass is 16.5. The smallest absolute Gasteiger partial charge is 0.320 e. The Labute approximate surface area is 161 Å². The maximum Gasteiger partial charge on any atom is 0.320 e. The summed E-state index contributed by atoms with van der Waals surface area (Å²) in [4.78, 5) is 10.9. The van der Waals surface area contributed by atoms with E-state index in [0.717, 1.165) is 33.6 Å². The van der Waals surface area contributed by atoms with E-state index in [1.54, 1.807) is 0 Å². The van der Waals surface area contributed by atoms with Gasteiger partial charge >= 0.3 is 5.97 Å². The van der Waals surface area contributed by atoms with Gasteiger partial charge in [-0.3, -0.25) is 4.79 Å². The maximum absolute atomic E-state index is 10.9. The summed E-state index contributed by atoms with van der Waals surface area (Å²) in [6.45, 7) is 11.7. The molecular weight excluding hydrogens is 342 g/mol. The van der Waals surface area contributed by atoms with E-state index in [2.05, 4.69) is 0 Å². The summed E-state index contributed by atoms with van der Waals surface area (Å²) in [5.74, 6) is 0.705. The number of benzene rings is 2. The predicted octanol–water partition coefficient (Wildman–Crippen LogP) is 4.65. The summed E-state index contributed by atoms with van der Waals surface area (Å²) in [5, 5.41) is 19.0. The largest absolute Gasteiger partial charge is 0.507 e. The lowest BCUT2D eigenvalue weighted by Gasteiger charge is -2.16. The Kier molecular flexibility index (Phi) is 8.32. The van der Waals surface area contributed by atoms with Crippen molar-refractivity contribution in [1.29, 1.82) is 0 Å². The van der Waals surface area contributed by atoms with Crippen molar-refractivity contribution in [3.05, 3.63) is 52.1 Å². The van der Waals surface area contributed by atoms with Crippen LogP contribution in [0, 0.1) is 20.8 Å². The molecule has 0 aliphatic carbocycles. The van der Waals surface area contributed by atoms with Crippen LogP contribution in [-0.4, -0.2) is 22.2 Å². The lowest BCUT2D eigenvalue weighted by atomic mass is 10.0. The molecule has 0 aromatic heterocycles. The molecule has 0 saturated heterocycles. The Hall–Kier alpha value is -2.53. The molecule has 0 amide bonds.